The predicted molar refractivity (Wildman–Crippen MR) is 77.2 cm³/mol. The smallest absolute Gasteiger partial charge is 0.261 e. The van der Waals surface area contributed by atoms with Gasteiger partial charge in [0.05, 0.1) is 22.9 Å². The molecule has 0 aliphatic heterocycles. The Hall–Kier alpha value is -1.63. The van der Waals surface area contributed by atoms with E-state index in [0.29, 0.717) is 22.0 Å². The molecule has 5 nitrogen and oxygen atoms in total. The van der Waals surface area contributed by atoms with Crippen molar-refractivity contribution in [1.82, 2.24) is 4.98 Å². The van der Waals surface area contributed by atoms with Gasteiger partial charge < -0.3 is 5.11 Å². The zero-order valence-electron chi connectivity index (χ0n) is 10.7. The number of halogens is 1. The van der Waals surface area contributed by atoms with Gasteiger partial charge in [0.1, 0.15) is 0 Å². The van der Waals surface area contributed by atoms with Crippen molar-refractivity contribution in [2.24, 2.45) is 0 Å². The molecule has 0 bridgehead atoms. The highest BCUT2D eigenvalue weighted by molar-refractivity contribution is 7.92. The number of hydrogen-bond acceptors (Lipinski definition) is 4. The van der Waals surface area contributed by atoms with Crippen LogP contribution in [0.2, 0.25) is 5.02 Å². The molecule has 1 heterocycles. The maximum absolute atomic E-state index is 12.3. The molecule has 1 aromatic heterocycles. The summed E-state index contributed by atoms with van der Waals surface area (Å²) in [5.74, 6) is 0. The number of aryl methyl sites for hydroxylation is 1. The summed E-state index contributed by atoms with van der Waals surface area (Å²) in [6, 6.07) is 7.44. The van der Waals surface area contributed by atoms with Crippen LogP contribution in [0.25, 0.3) is 0 Å². The maximum Gasteiger partial charge on any atom is 0.261 e. The average molecular weight is 313 g/mol. The highest BCUT2D eigenvalue weighted by Gasteiger charge is 2.16. The van der Waals surface area contributed by atoms with Gasteiger partial charge in [0.15, 0.2) is 0 Å². The molecule has 106 valence electrons. The molecule has 0 aliphatic carbocycles. The van der Waals surface area contributed by atoms with Crippen LogP contribution in [0, 0.1) is 6.92 Å². The van der Waals surface area contributed by atoms with Crippen LogP contribution in [0.5, 0.6) is 0 Å². The Kier molecular flexibility index (Phi) is 4.27. The van der Waals surface area contributed by atoms with Crippen molar-refractivity contribution in [1.29, 1.82) is 0 Å². The number of anilines is 1. The lowest BCUT2D eigenvalue weighted by Crippen LogP contribution is -2.14. The molecule has 0 atom stereocenters. The SMILES string of the molecule is Cc1ncccc1NS(=O)(=O)c1ccc(Cl)c(CO)c1. The number of aliphatic hydroxyl groups excluding tert-OH is 1. The molecule has 0 amide bonds. The molecule has 0 unspecified atom stereocenters. The van der Waals surface area contributed by atoms with Gasteiger partial charge in [0.25, 0.3) is 10.0 Å². The van der Waals surface area contributed by atoms with Crippen molar-refractivity contribution in [3.05, 3.63) is 52.8 Å². The van der Waals surface area contributed by atoms with Gasteiger partial charge in [0.2, 0.25) is 0 Å². The monoisotopic (exact) mass is 312 g/mol. The largest absolute Gasteiger partial charge is 0.392 e. The van der Waals surface area contributed by atoms with E-state index in [1.165, 1.54) is 18.2 Å². The van der Waals surface area contributed by atoms with Crippen LogP contribution in [0.4, 0.5) is 5.69 Å². The maximum atomic E-state index is 12.3. The fraction of sp³-hybridized carbons (Fsp3) is 0.154. The Morgan fingerprint density at radius 1 is 1.35 bits per heavy atom. The molecule has 2 rings (SSSR count). The first-order valence-electron chi connectivity index (χ1n) is 5.78. The minimum atomic E-state index is -3.74. The summed E-state index contributed by atoms with van der Waals surface area (Å²) in [5.41, 5.74) is 1.35. The summed E-state index contributed by atoms with van der Waals surface area (Å²) in [6.45, 7) is 1.38. The number of rotatable bonds is 4. The van der Waals surface area contributed by atoms with E-state index in [0.717, 1.165) is 0 Å². The standard InChI is InChI=1S/C13H13ClN2O3S/c1-9-13(3-2-6-15-9)16-20(18,19)11-4-5-12(14)10(7-11)8-17/h2-7,16-17H,8H2,1H3. The number of benzene rings is 1. The quantitative estimate of drug-likeness (QED) is 0.908. The number of pyridine rings is 1. The molecule has 2 N–H and O–H groups in total. The first-order chi connectivity index (χ1) is 9.44. The van der Waals surface area contributed by atoms with Gasteiger partial charge in [-0.25, -0.2) is 8.42 Å². The van der Waals surface area contributed by atoms with Crippen molar-refractivity contribution < 1.29 is 13.5 Å². The summed E-state index contributed by atoms with van der Waals surface area (Å²) < 4.78 is 27.0. The van der Waals surface area contributed by atoms with E-state index < -0.39 is 10.0 Å². The van der Waals surface area contributed by atoms with E-state index in [1.54, 1.807) is 25.3 Å². The minimum Gasteiger partial charge on any atom is -0.392 e. The zero-order valence-corrected chi connectivity index (χ0v) is 12.2. The first kappa shape index (κ1) is 14.8. The van der Waals surface area contributed by atoms with Crippen LogP contribution in [-0.4, -0.2) is 18.5 Å². The Labute approximate surface area is 122 Å². The van der Waals surface area contributed by atoms with Crippen molar-refractivity contribution in [3.63, 3.8) is 0 Å². The summed E-state index contributed by atoms with van der Waals surface area (Å²) >= 11 is 5.85. The van der Waals surface area contributed by atoms with E-state index >= 15 is 0 Å². The van der Waals surface area contributed by atoms with Crippen molar-refractivity contribution in [3.8, 4) is 0 Å². The molecule has 0 saturated carbocycles. The topological polar surface area (TPSA) is 79.3 Å². The number of sulfonamides is 1. The number of nitrogens with one attached hydrogen (secondary N) is 1. The average Bonchev–Trinajstić information content (AvgIpc) is 2.41. The summed E-state index contributed by atoms with van der Waals surface area (Å²) in [5, 5.41) is 9.46. The van der Waals surface area contributed by atoms with Gasteiger partial charge in [-0.05, 0) is 42.8 Å². The predicted octanol–water partition coefficient (Wildman–Crippen LogP) is 2.34. The summed E-state index contributed by atoms with van der Waals surface area (Å²) in [6.07, 6.45) is 1.58. The minimum absolute atomic E-state index is 0.0363. The third-order valence-electron chi connectivity index (χ3n) is 2.75. The Morgan fingerprint density at radius 2 is 2.10 bits per heavy atom. The van der Waals surface area contributed by atoms with E-state index in [4.69, 9.17) is 16.7 Å². The van der Waals surface area contributed by atoms with E-state index in [2.05, 4.69) is 9.71 Å². The molecule has 2 aromatic rings. The summed E-state index contributed by atoms with van der Waals surface area (Å²) in [4.78, 5) is 4.05. The molecule has 0 saturated heterocycles. The second-order valence-electron chi connectivity index (χ2n) is 4.15. The van der Waals surface area contributed by atoms with Crippen LogP contribution in [0.1, 0.15) is 11.3 Å². The van der Waals surface area contributed by atoms with Gasteiger partial charge in [-0.2, -0.15) is 0 Å². The zero-order chi connectivity index (χ0) is 14.8. The lowest BCUT2D eigenvalue weighted by molar-refractivity contribution is 0.281. The molecule has 0 spiro atoms. The second-order valence-corrected chi connectivity index (χ2v) is 6.24. The highest BCUT2D eigenvalue weighted by atomic mass is 35.5. The van der Waals surface area contributed by atoms with Crippen LogP contribution in [-0.2, 0) is 16.6 Å². The Balaban J connectivity index is 2.38. The fourth-order valence-electron chi connectivity index (χ4n) is 1.64. The lowest BCUT2D eigenvalue weighted by atomic mass is 10.2. The molecule has 0 fully saturated rings. The molecule has 1 aromatic carbocycles. The van der Waals surface area contributed by atoms with Crippen LogP contribution < -0.4 is 4.72 Å². The summed E-state index contributed by atoms with van der Waals surface area (Å²) in [7, 11) is -3.74. The molecule has 20 heavy (non-hydrogen) atoms. The highest BCUT2D eigenvalue weighted by Crippen LogP contribution is 2.23. The fourth-order valence-corrected chi connectivity index (χ4v) is 2.98. The third-order valence-corrected chi connectivity index (χ3v) is 4.48. The molecule has 0 aliphatic rings. The van der Waals surface area contributed by atoms with Crippen LogP contribution >= 0.6 is 11.6 Å². The van der Waals surface area contributed by atoms with Gasteiger partial charge in [-0.1, -0.05) is 11.6 Å². The van der Waals surface area contributed by atoms with Crippen molar-refractivity contribution in [2.45, 2.75) is 18.4 Å². The van der Waals surface area contributed by atoms with Gasteiger partial charge >= 0.3 is 0 Å². The van der Waals surface area contributed by atoms with E-state index in [-0.39, 0.29) is 11.5 Å². The van der Waals surface area contributed by atoms with Gasteiger partial charge in [-0.3, -0.25) is 9.71 Å². The second kappa shape index (κ2) is 5.78. The van der Waals surface area contributed by atoms with Crippen LogP contribution in [0.3, 0.4) is 0 Å². The van der Waals surface area contributed by atoms with Crippen molar-refractivity contribution >= 4 is 27.3 Å². The van der Waals surface area contributed by atoms with Crippen LogP contribution in [0.15, 0.2) is 41.4 Å². The number of aromatic nitrogens is 1. The Morgan fingerprint density at radius 3 is 2.75 bits per heavy atom. The number of hydrogen-bond donors (Lipinski definition) is 2. The molecule has 0 radical (unpaired) electrons. The Bertz CT molecular complexity index is 732. The number of nitrogens with zero attached hydrogens (tertiary/aromatic N) is 1. The van der Waals surface area contributed by atoms with E-state index in [9.17, 15) is 8.42 Å². The van der Waals surface area contributed by atoms with Gasteiger partial charge in [0, 0.05) is 11.2 Å². The van der Waals surface area contributed by atoms with E-state index in [1.807, 2.05) is 0 Å². The molecular weight excluding hydrogens is 300 g/mol. The van der Waals surface area contributed by atoms with Gasteiger partial charge in [-0.15, -0.1) is 0 Å². The number of aliphatic hydroxyl groups is 1. The normalized spacial score (nSPS) is 11.3. The first-order valence-corrected chi connectivity index (χ1v) is 7.64. The molecular formula is C13H13ClN2O3S. The third kappa shape index (κ3) is 3.09. The van der Waals surface area contributed by atoms with Crippen molar-refractivity contribution in [2.75, 3.05) is 4.72 Å². The lowest BCUT2D eigenvalue weighted by Gasteiger charge is -2.11. The molecule has 7 heteroatoms.